The summed E-state index contributed by atoms with van der Waals surface area (Å²) in [5.74, 6) is 0.0753. The number of rotatable bonds is 4. The summed E-state index contributed by atoms with van der Waals surface area (Å²) in [6, 6.07) is 14.2. The molecule has 0 saturated carbocycles. The van der Waals surface area contributed by atoms with E-state index in [0.717, 1.165) is 66.9 Å². The average molecular weight is 422 g/mol. The predicted molar refractivity (Wildman–Crippen MR) is 124 cm³/mol. The summed E-state index contributed by atoms with van der Waals surface area (Å²) in [5, 5.41) is 1.54. The van der Waals surface area contributed by atoms with E-state index in [9.17, 15) is 4.79 Å². The molecule has 2 aromatic carbocycles. The van der Waals surface area contributed by atoms with Crippen LogP contribution in [0, 0.1) is 6.92 Å². The van der Waals surface area contributed by atoms with E-state index in [4.69, 9.17) is 16.6 Å². The van der Waals surface area contributed by atoms with Crippen molar-refractivity contribution in [3.63, 3.8) is 0 Å². The van der Waals surface area contributed by atoms with Gasteiger partial charge in [0.2, 0.25) is 0 Å². The molecule has 1 saturated heterocycles. The van der Waals surface area contributed by atoms with Gasteiger partial charge in [0.1, 0.15) is 0 Å². The summed E-state index contributed by atoms with van der Waals surface area (Å²) in [4.78, 5) is 22.8. The SMILES string of the molecule is CCc1ccc(-c2cc(C(=O)N3CCN(CC)CC3)c3ccc(Cl)c(C)c3n2)cc1. The highest BCUT2D eigenvalue weighted by Gasteiger charge is 2.24. The van der Waals surface area contributed by atoms with Crippen LogP contribution in [-0.4, -0.2) is 53.4 Å². The van der Waals surface area contributed by atoms with Crippen LogP contribution in [0.25, 0.3) is 22.2 Å². The highest BCUT2D eigenvalue weighted by Crippen LogP contribution is 2.31. The molecule has 1 amide bonds. The van der Waals surface area contributed by atoms with Crippen molar-refractivity contribution in [2.45, 2.75) is 27.2 Å². The number of halogens is 1. The Labute approximate surface area is 183 Å². The van der Waals surface area contributed by atoms with Gasteiger partial charge < -0.3 is 9.80 Å². The van der Waals surface area contributed by atoms with Gasteiger partial charge in [-0.3, -0.25) is 4.79 Å². The van der Waals surface area contributed by atoms with E-state index in [2.05, 4.69) is 43.0 Å². The number of carbonyl (C=O) groups is 1. The summed E-state index contributed by atoms with van der Waals surface area (Å²) < 4.78 is 0. The third kappa shape index (κ3) is 3.94. The number of likely N-dealkylation sites (N-methyl/N-ethyl adjacent to an activating group) is 1. The lowest BCUT2D eigenvalue weighted by Gasteiger charge is -2.34. The van der Waals surface area contributed by atoms with Crippen molar-refractivity contribution in [1.29, 1.82) is 0 Å². The maximum Gasteiger partial charge on any atom is 0.254 e. The quantitative estimate of drug-likeness (QED) is 0.580. The molecule has 156 valence electrons. The Bertz CT molecular complexity index is 1070. The third-order valence-corrected chi connectivity index (χ3v) is 6.57. The lowest BCUT2D eigenvalue weighted by Crippen LogP contribution is -2.48. The lowest BCUT2D eigenvalue weighted by atomic mass is 10.00. The fourth-order valence-electron chi connectivity index (χ4n) is 4.08. The van der Waals surface area contributed by atoms with E-state index in [1.54, 1.807) is 0 Å². The second kappa shape index (κ2) is 8.75. The van der Waals surface area contributed by atoms with Crippen LogP contribution < -0.4 is 0 Å². The Balaban J connectivity index is 1.81. The van der Waals surface area contributed by atoms with Crippen LogP contribution in [0.4, 0.5) is 0 Å². The number of amides is 1. The number of nitrogens with zero attached hydrogens (tertiary/aromatic N) is 3. The predicted octanol–water partition coefficient (Wildman–Crippen LogP) is 5.20. The van der Waals surface area contributed by atoms with Crippen LogP contribution in [0.5, 0.6) is 0 Å². The highest BCUT2D eigenvalue weighted by atomic mass is 35.5. The van der Waals surface area contributed by atoms with Gasteiger partial charge in [-0.15, -0.1) is 0 Å². The molecule has 30 heavy (non-hydrogen) atoms. The minimum Gasteiger partial charge on any atom is -0.336 e. The minimum absolute atomic E-state index is 0.0753. The number of pyridine rings is 1. The standard InChI is InChI=1S/C25H28ClN3O/c1-4-18-6-8-19(9-7-18)23-16-21(20-10-11-22(26)17(3)24(20)27-23)25(30)29-14-12-28(5-2)13-15-29/h6-11,16H,4-5,12-15H2,1-3H3. The number of aryl methyl sites for hydroxylation is 2. The number of carbonyl (C=O) groups excluding carboxylic acids is 1. The topological polar surface area (TPSA) is 36.4 Å². The zero-order valence-electron chi connectivity index (χ0n) is 17.9. The van der Waals surface area contributed by atoms with Gasteiger partial charge >= 0.3 is 0 Å². The first-order valence-corrected chi connectivity index (χ1v) is 11.1. The Kier molecular flexibility index (Phi) is 6.07. The van der Waals surface area contributed by atoms with E-state index >= 15 is 0 Å². The molecule has 2 heterocycles. The van der Waals surface area contributed by atoms with Gasteiger partial charge in [-0.2, -0.15) is 0 Å². The molecule has 1 aliphatic rings. The Morgan fingerprint density at radius 2 is 1.73 bits per heavy atom. The lowest BCUT2D eigenvalue weighted by molar-refractivity contribution is 0.0645. The molecule has 0 N–H and O–H groups in total. The molecule has 4 nitrogen and oxygen atoms in total. The van der Waals surface area contributed by atoms with Crippen molar-refractivity contribution < 1.29 is 4.79 Å². The van der Waals surface area contributed by atoms with Gasteiger partial charge in [0.05, 0.1) is 16.8 Å². The first kappa shape index (κ1) is 20.8. The van der Waals surface area contributed by atoms with Crippen molar-refractivity contribution in [2.24, 2.45) is 0 Å². The van der Waals surface area contributed by atoms with Crippen molar-refractivity contribution >= 4 is 28.4 Å². The van der Waals surface area contributed by atoms with Gasteiger partial charge in [-0.25, -0.2) is 4.98 Å². The van der Waals surface area contributed by atoms with Gasteiger partial charge in [0.25, 0.3) is 5.91 Å². The Morgan fingerprint density at radius 1 is 1.03 bits per heavy atom. The van der Waals surface area contributed by atoms with Crippen LogP contribution in [-0.2, 0) is 6.42 Å². The second-order valence-corrected chi connectivity index (χ2v) is 8.31. The molecule has 0 bridgehead atoms. The molecule has 0 unspecified atom stereocenters. The largest absolute Gasteiger partial charge is 0.336 e. The summed E-state index contributed by atoms with van der Waals surface area (Å²) in [6.45, 7) is 10.6. The summed E-state index contributed by atoms with van der Waals surface area (Å²) >= 11 is 6.40. The van der Waals surface area contributed by atoms with E-state index in [-0.39, 0.29) is 5.91 Å². The van der Waals surface area contributed by atoms with Gasteiger partial charge in [-0.1, -0.05) is 55.8 Å². The highest BCUT2D eigenvalue weighted by molar-refractivity contribution is 6.32. The molecule has 1 aliphatic heterocycles. The van der Waals surface area contributed by atoms with Gasteiger partial charge in [0, 0.05) is 42.2 Å². The second-order valence-electron chi connectivity index (χ2n) is 7.90. The zero-order chi connectivity index (χ0) is 21.3. The maximum atomic E-state index is 13.5. The molecule has 1 aromatic heterocycles. The Hall–Kier alpha value is -2.43. The molecule has 0 spiro atoms. The number of hydrogen-bond acceptors (Lipinski definition) is 3. The number of fused-ring (bicyclic) bond motifs is 1. The zero-order valence-corrected chi connectivity index (χ0v) is 18.7. The van der Waals surface area contributed by atoms with Crippen molar-refractivity contribution in [3.8, 4) is 11.3 Å². The molecule has 0 radical (unpaired) electrons. The number of benzene rings is 2. The third-order valence-electron chi connectivity index (χ3n) is 6.16. The van der Waals surface area contributed by atoms with Crippen molar-refractivity contribution in [3.05, 3.63) is 64.2 Å². The average Bonchev–Trinajstić information content (AvgIpc) is 2.80. The van der Waals surface area contributed by atoms with Crippen molar-refractivity contribution in [2.75, 3.05) is 32.7 Å². The van der Waals surface area contributed by atoms with E-state index in [1.807, 2.05) is 30.0 Å². The molecular formula is C25H28ClN3O. The van der Waals surface area contributed by atoms with Crippen LogP contribution in [0.3, 0.4) is 0 Å². The molecule has 3 aromatic rings. The first-order chi connectivity index (χ1) is 14.5. The summed E-state index contributed by atoms with van der Waals surface area (Å²) in [6.07, 6.45) is 0.994. The van der Waals surface area contributed by atoms with Crippen LogP contribution in [0.2, 0.25) is 5.02 Å². The fraction of sp³-hybridized carbons (Fsp3) is 0.360. The molecule has 1 fully saturated rings. The number of hydrogen-bond donors (Lipinski definition) is 0. The smallest absolute Gasteiger partial charge is 0.254 e. The van der Waals surface area contributed by atoms with Crippen molar-refractivity contribution in [1.82, 2.24) is 14.8 Å². The minimum atomic E-state index is 0.0753. The maximum absolute atomic E-state index is 13.5. The van der Waals surface area contributed by atoms with Gasteiger partial charge in [0.15, 0.2) is 0 Å². The number of aromatic nitrogens is 1. The Morgan fingerprint density at radius 3 is 2.37 bits per heavy atom. The normalized spacial score (nSPS) is 15.0. The fourth-order valence-corrected chi connectivity index (χ4v) is 4.23. The monoisotopic (exact) mass is 421 g/mol. The van der Waals surface area contributed by atoms with Crippen LogP contribution in [0.15, 0.2) is 42.5 Å². The molecule has 5 heteroatoms. The summed E-state index contributed by atoms with van der Waals surface area (Å²) in [7, 11) is 0. The molecular weight excluding hydrogens is 394 g/mol. The van der Waals surface area contributed by atoms with E-state index < -0.39 is 0 Å². The van der Waals surface area contributed by atoms with Crippen LogP contribution in [0.1, 0.15) is 35.3 Å². The van der Waals surface area contributed by atoms with Gasteiger partial charge in [-0.05, 0) is 43.1 Å². The van der Waals surface area contributed by atoms with E-state index in [0.29, 0.717) is 10.6 Å². The van der Waals surface area contributed by atoms with E-state index in [1.165, 1.54) is 5.56 Å². The molecule has 4 rings (SSSR count). The molecule has 0 aliphatic carbocycles. The van der Waals surface area contributed by atoms with Crippen LogP contribution >= 0.6 is 11.6 Å². The number of piperazine rings is 1. The first-order valence-electron chi connectivity index (χ1n) is 10.7. The molecule has 0 atom stereocenters. The summed E-state index contributed by atoms with van der Waals surface area (Å²) in [5.41, 5.74) is 5.52.